The van der Waals surface area contributed by atoms with Crippen LogP contribution in [0.1, 0.15) is 12.8 Å². The Morgan fingerprint density at radius 1 is 1.67 bits per heavy atom. The van der Waals surface area contributed by atoms with Crippen LogP contribution in [0.3, 0.4) is 0 Å². The molecule has 0 spiro atoms. The molecule has 2 heterocycles. The fraction of sp³-hybridized carbons (Fsp3) is 0.833. The molecule has 1 aromatic heterocycles. The maximum Gasteiger partial charge on any atom is 0.240 e. The van der Waals surface area contributed by atoms with Gasteiger partial charge in [-0.15, -0.1) is 0 Å². The lowest BCUT2D eigenvalue weighted by Crippen LogP contribution is -2.17. The van der Waals surface area contributed by atoms with E-state index in [0.29, 0.717) is 12.5 Å². The van der Waals surface area contributed by atoms with Crippen molar-refractivity contribution in [2.75, 3.05) is 12.3 Å². The second kappa shape index (κ2) is 3.06. The number of rotatable bonds is 2. The Hall–Kier alpha value is -1.17. The Labute approximate surface area is 69.7 Å². The van der Waals surface area contributed by atoms with Crippen molar-refractivity contribution in [3.63, 3.8) is 0 Å². The smallest absolute Gasteiger partial charge is 0.240 e. The second-order valence-electron chi connectivity index (χ2n) is 2.85. The van der Waals surface area contributed by atoms with E-state index in [2.05, 4.69) is 15.5 Å². The van der Waals surface area contributed by atoms with Gasteiger partial charge in [0.1, 0.15) is 0 Å². The van der Waals surface area contributed by atoms with E-state index in [4.69, 9.17) is 10.5 Å². The van der Waals surface area contributed by atoms with Gasteiger partial charge in [-0.1, -0.05) is 5.10 Å². The molecule has 0 aliphatic carbocycles. The molecule has 6 heteroatoms. The fourth-order valence-electron chi connectivity index (χ4n) is 1.32. The largest absolute Gasteiger partial charge is 0.376 e. The van der Waals surface area contributed by atoms with Crippen LogP contribution in [0.5, 0.6) is 0 Å². The van der Waals surface area contributed by atoms with Crippen LogP contribution >= 0.6 is 0 Å². The Kier molecular flexibility index (Phi) is 1.91. The van der Waals surface area contributed by atoms with Crippen molar-refractivity contribution in [2.45, 2.75) is 25.5 Å². The van der Waals surface area contributed by atoms with E-state index in [9.17, 15) is 0 Å². The van der Waals surface area contributed by atoms with Crippen molar-refractivity contribution in [3.05, 3.63) is 0 Å². The van der Waals surface area contributed by atoms with Crippen molar-refractivity contribution in [2.24, 2.45) is 0 Å². The Bertz CT molecular complexity index is 254. The predicted octanol–water partition coefficient (Wildman–Crippen LogP) is -0.566. The van der Waals surface area contributed by atoms with Crippen molar-refractivity contribution in [3.8, 4) is 0 Å². The SMILES string of the molecule is Nc1nnnn1CC1CCCO1. The minimum atomic E-state index is 0.232. The van der Waals surface area contributed by atoms with Crippen LogP contribution in [0.25, 0.3) is 0 Å². The van der Waals surface area contributed by atoms with E-state index in [1.165, 1.54) is 0 Å². The summed E-state index contributed by atoms with van der Waals surface area (Å²) in [6.45, 7) is 1.51. The summed E-state index contributed by atoms with van der Waals surface area (Å²) in [4.78, 5) is 0. The van der Waals surface area contributed by atoms with Crippen molar-refractivity contribution < 1.29 is 4.74 Å². The average Bonchev–Trinajstić information content (AvgIpc) is 2.65. The van der Waals surface area contributed by atoms with Gasteiger partial charge in [0.05, 0.1) is 12.6 Å². The molecule has 1 aliphatic rings. The number of ether oxygens (including phenoxy) is 1. The first-order valence-corrected chi connectivity index (χ1v) is 3.99. The average molecular weight is 169 g/mol. The Balaban J connectivity index is 1.98. The van der Waals surface area contributed by atoms with Crippen LogP contribution in [0.4, 0.5) is 5.95 Å². The van der Waals surface area contributed by atoms with Gasteiger partial charge in [0.2, 0.25) is 5.95 Å². The van der Waals surface area contributed by atoms with Gasteiger partial charge in [-0.05, 0) is 23.3 Å². The van der Waals surface area contributed by atoms with Crippen LogP contribution in [0, 0.1) is 0 Å². The first-order valence-electron chi connectivity index (χ1n) is 3.99. The third-order valence-electron chi connectivity index (χ3n) is 1.96. The van der Waals surface area contributed by atoms with Gasteiger partial charge < -0.3 is 10.5 Å². The minimum Gasteiger partial charge on any atom is -0.376 e. The molecule has 0 radical (unpaired) electrons. The highest BCUT2D eigenvalue weighted by Gasteiger charge is 2.17. The number of tetrazole rings is 1. The lowest BCUT2D eigenvalue weighted by atomic mass is 10.2. The molecule has 0 aromatic carbocycles. The second-order valence-corrected chi connectivity index (χ2v) is 2.85. The molecule has 1 fully saturated rings. The van der Waals surface area contributed by atoms with Crippen molar-refractivity contribution in [1.29, 1.82) is 0 Å². The molecule has 12 heavy (non-hydrogen) atoms. The topological polar surface area (TPSA) is 78.9 Å². The zero-order chi connectivity index (χ0) is 8.39. The summed E-state index contributed by atoms with van der Waals surface area (Å²) in [6, 6.07) is 0. The number of hydrogen-bond acceptors (Lipinski definition) is 5. The van der Waals surface area contributed by atoms with Gasteiger partial charge in [0, 0.05) is 6.61 Å². The van der Waals surface area contributed by atoms with Crippen LogP contribution in [-0.2, 0) is 11.3 Å². The molecule has 1 saturated heterocycles. The number of nitrogens with zero attached hydrogens (tertiary/aromatic N) is 4. The maximum absolute atomic E-state index is 5.49. The highest BCUT2D eigenvalue weighted by Crippen LogP contribution is 2.13. The monoisotopic (exact) mass is 169 g/mol. The number of hydrogen-bond donors (Lipinski definition) is 1. The minimum absolute atomic E-state index is 0.232. The van der Waals surface area contributed by atoms with E-state index >= 15 is 0 Å². The molecular weight excluding hydrogens is 158 g/mol. The van der Waals surface area contributed by atoms with Gasteiger partial charge >= 0.3 is 0 Å². The summed E-state index contributed by atoms with van der Waals surface area (Å²) >= 11 is 0. The molecule has 2 rings (SSSR count). The molecule has 2 N–H and O–H groups in total. The molecule has 1 aromatic rings. The number of nitrogen functional groups attached to an aromatic ring is 1. The highest BCUT2D eigenvalue weighted by atomic mass is 16.5. The first-order chi connectivity index (χ1) is 5.86. The highest BCUT2D eigenvalue weighted by molar-refractivity contribution is 5.09. The quantitative estimate of drug-likeness (QED) is 0.641. The Morgan fingerprint density at radius 2 is 2.58 bits per heavy atom. The van der Waals surface area contributed by atoms with Crippen LogP contribution < -0.4 is 5.73 Å². The molecule has 6 nitrogen and oxygen atoms in total. The lowest BCUT2D eigenvalue weighted by Gasteiger charge is -2.07. The van der Waals surface area contributed by atoms with Crippen LogP contribution in [0.15, 0.2) is 0 Å². The molecule has 0 bridgehead atoms. The predicted molar refractivity (Wildman–Crippen MR) is 41.2 cm³/mol. The summed E-state index contributed by atoms with van der Waals surface area (Å²) in [6.07, 6.45) is 2.42. The van der Waals surface area contributed by atoms with E-state index in [0.717, 1.165) is 19.4 Å². The van der Waals surface area contributed by atoms with Crippen LogP contribution in [-0.4, -0.2) is 32.9 Å². The van der Waals surface area contributed by atoms with E-state index in [1.807, 2.05) is 0 Å². The summed E-state index contributed by atoms with van der Waals surface area (Å²) in [7, 11) is 0. The van der Waals surface area contributed by atoms with E-state index in [1.54, 1.807) is 4.68 Å². The molecule has 1 atom stereocenters. The molecule has 1 unspecified atom stereocenters. The molecule has 1 aliphatic heterocycles. The third kappa shape index (κ3) is 1.38. The maximum atomic E-state index is 5.49. The molecule has 66 valence electrons. The molecule has 0 saturated carbocycles. The van der Waals surface area contributed by atoms with Gasteiger partial charge in [-0.25, -0.2) is 4.68 Å². The van der Waals surface area contributed by atoms with Gasteiger partial charge in [-0.2, -0.15) is 0 Å². The summed E-state index contributed by atoms with van der Waals surface area (Å²) < 4.78 is 6.97. The first kappa shape index (κ1) is 7.48. The van der Waals surface area contributed by atoms with Gasteiger partial charge in [0.15, 0.2) is 0 Å². The summed E-state index contributed by atoms with van der Waals surface area (Å²) in [5.41, 5.74) is 5.49. The van der Waals surface area contributed by atoms with E-state index < -0.39 is 0 Å². The fourth-order valence-corrected chi connectivity index (χ4v) is 1.32. The van der Waals surface area contributed by atoms with Crippen molar-refractivity contribution >= 4 is 5.95 Å². The number of anilines is 1. The van der Waals surface area contributed by atoms with Gasteiger partial charge in [0.25, 0.3) is 0 Å². The zero-order valence-corrected chi connectivity index (χ0v) is 6.68. The summed E-state index contributed by atoms with van der Waals surface area (Å²) in [5, 5.41) is 10.8. The standard InChI is InChI=1S/C6H11N5O/c7-6-8-9-10-11(6)4-5-2-1-3-12-5/h5H,1-4H2,(H2,7,8,10). The van der Waals surface area contributed by atoms with E-state index in [-0.39, 0.29) is 6.10 Å². The molecular formula is C6H11N5O. The van der Waals surface area contributed by atoms with Crippen molar-refractivity contribution in [1.82, 2.24) is 20.2 Å². The molecule has 0 amide bonds. The number of nitrogens with two attached hydrogens (primary N) is 1. The summed E-state index contributed by atoms with van der Waals surface area (Å²) in [5.74, 6) is 0.352. The lowest BCUT2D eigenvalue weighted by molar-refractivity contribution is 0.0940. The Morgan fingerprint density at radius 3 is 3.17 bits per heavy atom. The van der Waals surface area contributed by atoms with Gasteiger partial charge in [-0.3, -0.25) is 0 Å². The zero-order valence-electron chi connectivity index (χ0n) is 6.68. The third-order valence-corrected chi connectivity index (χ3v) is 1.96. The number of aromatic nitrogens is 4. The normalized spacial score (nSPS) is 23.2. The van der Waals surface area contributed by atoms with Crippen LogP contribution in [0.2, 0.25) is 0 Å².